The van der Waals surface area contributed by atoms with Crippen LogP contribution in [0, 0.1) is 0 Å². The van der Waals surface area contributed by atoms with E-state index in [-0.39, 0.29) is 17.7 Å². The first-order chi connectivity index (χ1) is 13.6. The second kappa shape index (κ2) is 7.75. The second-order valence-corrected chi connectivity index (χ2v) is 7.46. The van der Waals surface area contributed by atoms with Crippen LogP contribution in [0.5, 0.6) is 0 Å². The Morgan fingerprint density at radius 1 is 0.857 bits per heavy atom. The van der Waals surface area contributed by atoms with Gasteiger partial charge in [0.2, 0.25) is 0 Å². The number of carbonyl (C=O) groups excluding carboxylic acids is 2. The van der Waals surface area contributed by atoms with Crippen molar-refractivity contribution in [1.82, 2.24) is 10.2 Å². The summed E-state index contributed by atoms with van der Waals surface area (Å²) in [6, 6.07) is 18.8. The summed E-state index contributed by atoms with van der Waals surface area (Å²) in [5, 5.41) is 10.2. The van der Waals surface area contributed by atoms with E-state index in [0.29, 0.717) is 25.9 Å². The van der Waals surface area contributed by atoms with Gasteiger partial charge < -0.3 is 4.42 Å². The first kappa shape index (κ1) is 18.1. The molecule has 1 amide bonds. The van der Waals surface area contributed by atoms with Gasteiger partial charge in [-0.25, -0.2) is 0 Å². The average Bonchev–Trinajstić information content (AvgIpc) is 3.37. The van der Waals surface area contributed by atoms with Crippen molar-refractivity contribution in [2.45, 2.75) is 0 Å². The minimum atomic E-state index is -0.418. The number of hydrogen-bond acceptors (Lipinski definition) is 6. The predicted octanol–water partition coefficient (Wildman–Crippen LogP) is 4.93. The molecule has 0 saturated heterocycles. The number of thiophene rings is 1. The number of benzene rings is 2. The lowest BCUT2D eigenvalue weighted by atomic mass is 10.0. The Kier molecular flexibility index (Phi) is 5.01. The number of anilines is 1. The lowest BCUT2D eigenvalue weighted by Crippen LogP contribution is -2.12. The molecule has 4 aromatic rings. The molecule has 2 aromatic heterocycles. The predicted molar refractivity (Wildman–Crippen MR) is 107 cm³/mol. The molecule has 28 heavy (non-hydrogen) atoms. The number of ketones is 1. The molecule has 1 N–H and O–H groups in total. The van der Waals surface area contributed by atoms with Gasteiger partial charge in [0, 0.05) is 16.7 Å². The van der Waals surface area contributed by atoms with Crippen LogP contribution in [0.3, 0.4) is 0 Å². The van der Waals surface area contributed by atoms with Gasteiger partial charge in [-0.2, -0.15) is 0 Å². The van der Waals surface area contributed by atoms with Gasteiger partial charge >= 0.3 is 6.01 Å². The largest absolute Gasteiger partial charge is 0.402 e. The normalized spacial score (nSPS) is 10.6. The minimum Gasteiger partial charge on any atom is -0.402 e. The molecule has 0 atom stereocenters. The van der Waals surface area contributed by atoms with Gasteiger partial charge in [-0.05, 0) is 24.3 Å². The summed E-state index contributed by atoms with van der Waals surface area (Å²) in [7, 11) is 0. The summed E-state index contributed by atoms with van der Waals surface area (Å²) in [5.41, 5.74) is 1.45. The Morgan fingerprint density at radius 3 is 2.21 bits per heavy atom. The number of rotatable bonds is 5. The van der Waals surface area contributed by atoms with Crippen molar-refractivity contribution in [1.29, 1.82) is 0 Å². The summed E-state index contributed by atoms with van der Waals surface area (Å²) in [6.07, 6.45) is 0. The Bertz CT molecular complexity index is 1140. The molecule has 0 radical (unpaired) electrons. The van der Waals surface area contributed by atoms with Gasteiger partial charge in [0.1, 0.15) is 0 Å². The van der Waals surface area contributed by atoms with Crippen LogP contribution >= 0.6 is 22.9 Å². The molecule has 0 aliphatic rings. The van der Waals surface area contributed by atoms with Gasteiger partial charge in [0.15, 0.2) is 5.78 Å². The molecular formula is C20H12ClN3O3S. The van der Waals surface area contributed by atoms with Crippen LogP contribution in [-0.4, -0.2) is 21.9 Å². The molecule has 0 fully saturated rings. The van der Waals surface area contributed by atoms with Crippen molar-refractivity contribution in [3.63, 3.8) is 0 Å². The van der Waals surface area contributed by atoms with Crippen LogP contribution in [-0.2, 0) is 0 Å². The van der Waals surface area contributed by atoms with Crippen molar-refractivity contribution >= 4 is 40.6 Å². The number of nitrogens with one attached hydrogen (secondary N) is 1. The van der Waals surface area contributed by atoms with Crippen molar-refractivity contribution in [2.75, 3.05) is 5.32 Å². The number of amides is 1. The molecule has 138 valence electrons. The molecule has 6 nitrogen and oxygen atoms in total. The number of aromatic nitrogens is 2. The second-order valence-electron chi connectivity index (χ2n) is 5.74. The van der Waals surface area contributed by atoms with Crippen LogP contribution in [0.4, 0.5) is 6.01 Å². The molecular weight excluding hydrogens is 398 g/mol. The third kappa shape index (κ3) is 3.85. The Labute approximate surface area is 168 Å². The molecule has 0 unspecified atom stereocenters. The van der Waals surface area contributed by atoms with E-state index in [4.69, 9.17) is 16.0 Å². The first-order valence-electron chi connectivity index (χ1n) is 8.20. The number of nitrogens with zero attached hydrogens (tertiary/aromatic N) is 2. The average molecular weight is 410 g/mol. The molecule has 4 rings (SSSR count). The molecule has 0 aliphatic carbocycles. The van der Waals surface area contributed by atoms with Crippen LogP contribution in [0.25, 0.3) is 10.8 Å². The van der Waals surface area contributed by atoms with E-state index < -0.39 is 5.91 Å². The molecule has 2 heterocycles. The van der Waals surface area contributed by atoms with Crippen LogP contribution < -0.4 is 5.32 Å². The summed E-state index contributed by atoms with van der Waals surface area (Å²) >= 11 is 7.19. The van der Waals surface area contributed by atoms with E-state index in [1.807, 2.05) is 6.07 Å². The smallest absolute Gasteiger partial charge is 0.322 e. The Balaban J connectivity index is 1.45. The summed E-state index contributed by atoms with van der Waals surface area (Å²) < 4.78 is 6.04. The number of hydrogen-bond donors (Lipinski definition) is 1. The van der Waals surface area contributed by atoms with Gasteiger partial charge in [0.05, 0.1) is 9.21 Å². The van der Waals surface area contributed by atoms with Gasteiger partial charge in [-0.1, -0.05) is 59.2 Å². The van der Waals surface area contributed by atoms with Crippen molar-refractivity contribution < 1.29 is 14.0 Å². The molecule has 0 aliphatic heterocycles. The van der Waals surface area contributed by atoms with Crippen molar-refractivity contribution in [3.8, 4) is 10.8 Å². The van der Waals surface area contributed by atoms with Gasteiger partial charge in [-0.3, -0.25) is 14.9 Å². The summed E-state index contributed by atoms with van der Waals surface area (Å²) in [6.45, 7) is 0. The number of carbonyl (C=O) groups is 2. The lowest BCUT2D eigenvalue weighted by Gasteiger charge is -2.03. The van der Waals surface area contributed by atoms with Crippen molar-refractivity contribution in [3.05, 3.63) is 87.8 Å². The minimum absolute atomic E-state index is 0.0195. The highest BCUT2D eigenvalue weighted by Gasteiger charge is 2.15. The third-order valence-corrected chi connectivity index (χ3v) is 5.09. The van der Waals surface area contributed by atoms with Gasteiger partial charge in [-0.15, -0.1) is 16.4 Å². The van der Waals surface area contributed by atoms with E-state index in [9.17, 15) is 9.59 Å². The number of halogens is 1. The maximum Gasteiger partial charge on any atom is 0.322 e. The molecule has 0 spiro atoms. The Hall–Kier alpha value is -3.29. The van der Waals surface area contributed by atoms with E-state index in [1.54, 1.807) is 60.7 Å². The molecule has 8 heteroatoms. The highest BCUT2D eigenvalue weighted by Crippen LogP contribution is 2.30. The SMILES string of the molecule is O=C(Nc1nnc(-c2ccc(Cl)s2)o1)c1ccc(C(=O)c2ccccc2)cc1. The monoisotopic (exact) mass is 409 g/mol. The fraction of sp³-hybridized carbons (Fsp3) is 0. The standard InChI is InChI=1S/C20H12ClN3O3S/c21-16-11-10-15(28-16)19-23-24-20(27-19)22-18(26)14-8-6-13(7-9-14)17(25)12-4-2-1-3-5-12/h1-11H,(H,22,24,26). The molecule has 0 bridgehead atoms. The maximum absolute atomic E-state index is 12.4. The van der Waals surface area contributed by atoms with Crippen molar-refractivity contribution in [2.24, 2.45) is 0 Å². The van der Waals surface area contributed by atoms with E-state index in [0.717, 1.165) is 0 Å². The third-order valence-electron chi connectivity index (χ3n) is 3.87. The molecule has 2 aromatic carbocycles. The van der Waals surface area contributed by atoms with Gasteiger partial charge in [0.25, 0.3) is 11.8 Å². The van der Waals surface area contributed by atoms with E-state index in [2.05, 4.69) is 15.5 Å². The maximum atomic E-state index is 12.4. The fourth-order valence-electron chi connectivity index (χ4n) is 2.50. The lowest BCUT2D eigenvalue weighted by molar-refractivity contribution is 0.101. The first-order valence-corrected chi connectivity index (χ1v) is 9.40. The highest BCUT2D eigenvalue weighted by molar-refractivity contribution is 7.19. The van der Waals surface area contributed by atoms with Crippen LogP contribution in [0.15, 0.2) is 71.1 Å². The van der Waals surface area contributed by atoms with E-state index >= 15 is 0 Å². The van der Waals surface area contributed by atoms with Crippen LogP contribution in [0.2, 0.25) is 4.34 Å². The summed E-state index contributed by atoms with van der Waals surface area (Å²) in [5.74, 6) is -0.252. The zero-order chi connectivity index (χ0) is 19.5. The molecule has 0 saturated carbocycles. The quantitative estimate of drug-likeness (QED) is 0.472. The zero-order valence-electron chi connectivity index (χ0n) is 14.3. The van der Waals surface area contributed by atoms with E-state index in [1.165, 1.54) is 11.3 Å². The fourth-order valence-corrected chi connectivity index (χ4v) is 3.47. The van der Waals surface area contributed by atoms with Crippen LogP contribution in [0.1, 0.15) is 26.3 Å². The topological polar surface area (TPSA) is 85.1 Å². The summed E-state index contributed by atoms with van der Waals surface area (Å²) in [4.78, 5) is 25.5. The highest BCUT2D eigenvalue weighted by atomic mass is 35.5. The Morgan fingerprint density at radius 2 is 1.54 bits per heavy atom. The zero-order valence-corrected chi connectivity index (χ0v) is 15.8.